The highest BCUT2D eigenvalue weighted by Crippen LogP contribution is 2.13. The number of rotatable bonds is 7. The predicted octanol–water partition coefficient (Wildman–Crippen LogP) is 3.46. The SMILES string of the molecule is C[C@@H](CCc1ccc(O)cc1)NC[C@H](O)c1ccccc1.Cl. The summed E-state index contributed by atoms with van der Waals surface area (Å²) in [5.74, 6) is 0.302. The van der Waals surface area contributed by atoms with Crippen LogP contribution in [0.3, 0.4) is 0 Å². The molecule has 4 heteroatoms. The zero-order valence-electron chi connectivity index (χ0n) is 12.8. The smallest absolute Gasteiger partial charge is 0.115 e. The van der Waals surface area contributed by atoms with Crippen LogP contribution < -0.4 is 5.32 Å². The first kappa shape index (κ1) is 18.5. The minimum absolute atomic E-state index is 0. The van der Waals surface area contributed by atoms with Gasteiger partial charge in [-0.2, -0.15) is 0 Å². The standard InChI is InChI=1S/C18H23NO2.ClH/c1-14(7-8-15-9-11-17(20)12-10-15)19-13-18(21)16-5-3-2-4-6-16;/h2-6,9-12,14,18-21H,7-8,13H2,1H3;1H/t14-,18-;/m0./s1. The molecule has 0 aliphatic rings. The first-order valence-corrected chi connectivity index (χ1v) is 7.39. The van der Waals surface area contributed by atoms with Crippen LogP contribution in [0, 0.1) is 0 Å². The summed E-state index contributed by atoms with van der Waals surface area (Å²) < 4.78 is 0. The average Bonchev–Trinajstić information content (AvgIpc) is 2.53. The van der Waals surface area contributed by atoms with Crippen LogP contribution in [0.15, 0.2) is 54.6 Å². The topological polar surface area (TPSA) is 52.5 Å². The van der Waals surface area contributed by atoms with Gasteiger partial charge in [-0.15, -0.1) is 12.4 Å². The number of phenolic OH excluding ortho intramolecular Hbond substituents is 1. The molecule has 0 spiro atoms. The van der Waals surface area contributed by atoms with E-state index in [2.05, 4.69) is 12.2 Å². The highest BCUT2D eigenvalue weighted by molar-refractivity contribution is 5.85. The molecule has 0 fully saturated rings. The van der Waals surface area contributed by atoms with E-state index >= 15 is 0 Å². The first-order valence-electron chi connectivity index (χ1n) is 7.39. The molecule has 0 unspecified atom stereocenters. The van der Waals surface area contributed by atoms with Gasteiger partial charge in [-0.3, -0.25) is 0 Å². The van der Waals surface area contributed by atoms with Crippen LogP contribution in [0.2, 0.25) is 0 Å². The summed E-state index contributed by atoms with van der Waals surface area (Å²) in [4.78, 5) is 0. The van der Waals surface area contributed by atoms with Crippen LogP contribution >= 0.6 is 12.4 Å². The van der Waals surface area contributed by atoms with E-state index in [1.54, 1.807) is 12.1 Å². The van der Waals surface area contributed by atoms with E-state index in [0.29, 0.717) is 18.3 Å². The second-order valence-electron chi connectivity index (χ2n) is 5.44. The summed E-state index contributed by atoms with van der Waals surface area (Å²) in [6, 6.07) is 17.3. The number of hydrogen-bond donors (Lipinski definition) is 3. The lowest BCUT2D eigenvalue weighted by Gasteiger charge is -2.17. The fourth-order valence-electron chi connectivity index (χ4n) is 2.25. The van der Waals surface area contributed by atoms with Gasteiger partial charge in [-0.05, 0) is 43.0 Å². The molecule has 2 aromatic rings. The third-order valence-electron chi connectivity index (χ3n) is 3.65. The highest BCUT2D eigenvalue weighted by atomic mass is 35.5. The Hall–Kier alpha value is -1.55. The van der Waals surface area contributed by atoms with Gasteiger partial charge in [0.1, 0.15) is 5.75 Å². The summed E-state index contributed by atoms with van der Waals surface area (Å²) in [7, 11) is 0. The third kappa shape index (κ3) is 6.06. The van der Waals surface area contributed by atoms with Crippen molar-refractivity contribution in [3.8, 4) is 5.75 Å². The van der Waals surface area contributed by atoms with Crippen LogP contribution in [-0.2, 0) is 6.42 Å². The molecule has 3 nitrogen and oxygen atoms in total. The van der Waals surface area contributed by atoms with Crippen LogP contribution in [0.5, 0.6) is 5.75 Å². The van der Waals surface area contributed by atoms with Crippen molar-refractivity contribution in [2.75, 3.05) is 6.54 Å². The van der Waals surface area contributed by atoms with Gasteiger partial charge in [-0.25, -0.2) is 0 Å². The molecule has 2 aromatic carbocycles. The third-order valence-corrected chi connectivity index (χ3v) is 3.65. The molecular formula is C18H24ClNO2. The van der Waals surface area contributed by atoms with Gasteiger partial charge in [0.05, 0.1) is 6.10 Å². The Morgan fingerprint density at radius 2 is 1.64 bits per heavy atom. The van der Waals surface area contributed by atoms with Crippen molar-refractivity contribution in [2.24, 2.45) is 0 Å². The van der Waals surface area contributed by atoms with E-state index in [1.807, 2.05) is 42.5 Å². The predicted molar refractivity (Wildman–Crippen MR) is 92.5 cm³/mol. The molecule has 0 aliphatic carbocycles. The molecule has 22 heavy (non-hydrogen) atoms. The molecule has 2 rings (SSSR count). The number of aryl methyl sites for hydroxylation is 1. The Balaban J connectivity index is 0.00000242. The van der Waals surface area contributed by atoms with Crippen molar-refractivity contribution in [3.05, 3.63) is 65.7 Å². The fourth-order valence-corrected chi connectivity index (χ4v) is 2.25. The molecule has 3 N–H and O–H groups in total. The summed E-state index contributed by atoms with van der Waals surface area (Å²) >= 11 is 0. The summed E-state index contributed by atoms with van der Waals surface area (Å²) in [5, 5.41) is 22.7. The quantitative estimate of drug-likeness (QED) is 0.732. The largest absolute Gasteiger partial charge is 0.508 e. The van der Waals surface area contributed by atoms with Crippen molar-refractivity contribution in [1.29, 1.82) is 0 Å². The monoisotopic (exact) mass is 321 g/mol. The highest BCUT2D eigenvalue weighted by Gasteiger charge is 2.09. The molecule has 0 aromatic heterocycles. The minimum Gasteiger partial charge on any atom is -0.508 e. The van der Waals surface area contributed by atoms with Crippen molar-refractivity contribution >= 4 is 12.4 Å². The molecule has 0 heterocycles. The number of hydrogen-bond acceptors (Lipinski definition) is 3. The van der Waals surface area contributed by atoms with E-state index < -0.39 is 6.10 Å². The van der Waals surface area contributed by atoms with Gasteiger partial charge in [0.2, 0.25) is 0 Å². The summed E-state index contributed by atoms with van der Waals surface area (Å²) in [5.41, 5.74) is 2.15. The van der Waals surface area contributed by atoms with E-state index in [-0.39, 0.29) is 12.4 Å². The second-order valence-corrected chi connectivity index (χ2v) is 5.44. The van der Waals surface area contributed by atoms with E-state index in [4.69, 9.17) is 0 Å². The molecule has 2 atom stereocenters. The van der Waals surface area contributed by atoms with E-state index in [1.165, 1.54) is 5.56 Å². The zero-order chi connectivity index (χ0) is 15.1. The molecular weight excluding hydrogens is 298 g/mol. The lowest BCUT2D eigenvalue weighted by atomic mass is 10.1. The maximum atomic E-state index is 10.1. The van der Waals surface area contributed by atoms with E-state index in [0.717, 1.165) is 18.4 Å². The number of aromatic hydroxyl groups is 1. The molecule has 0 radical (unpaired) electrons. The van der Waals surface area contributed by atoms with Gasteiger partial charge in [0.25, 0.3) is 0 Å². The molecule has 0 aliphatic heterocycles. The lowest BCUT2D eigenvalue weighted by Crippen LogP contribution is -2.30. The molecule has 0 bridgehead atoms. The van der Waals surface area contributed by atoms with Gasteiger partial charge in [-0.1, -0.05) is 42.5 Å². The molecule has 0 amide bonds. The van der Waals surface area contributed by atoms with Crippen LogP contribution in [0.1, 0.15) is 30.6 Å². The number of halogens is 1. The van der Waals surface area contributed by atoms with Crippen LogP contribution in [0.25, 0.3) is 0 Å². The number of aliphatic hydroxyl groups is 1. The number of benzene rings is 2. The Labute approximate surface area is 138 Å². The molecule has 120 valence electrons. The first-order chi connectivity index (χ1) is 10.1. The zero-order valence-corrected chi connectivity index (χ0v) is 13.6. The second kappa shape index (κ2) is 9.46. The summed E-state index contributed by atoms with van der Waals surface area (Å²) in [6.07, 6.45) is 1.48. The summed E-state index contributed by atoms with van der Waals surface area (Å²) in [6.45, 7) is 2.68. The fraction of sp³-hybridized carbons (Fsp3) is 0.333. The maximum absolute atomic E-state index is 10.1. The minimum atomic E-state index is -0.470. The van der Waals surface area contributed by atoms with Crippen molar-refractivity contribution in [1.82, 2.24) is 5.32 Å². The molecule has 0 saturated carbocycles. The Kier molecular flexibility index (Phi) is 7.96. The Bertz CT molecular complexity index is 531. The Morgan fingerprint density at radius 3 is 2.27 bits per heavy atom. The van der Waals surface area contributed by atoms with Gasteiger partial charge in [0, 0.05) is 12.6 Å². The van der Waals surface area contributed by atoms with Gasteiger partial charge in [0.15, 0.2) is 0 Å². The van der Waals surface area contributed by atoms with Gasteiger partial charge >= 0.3 is 0 Å². The van der Waals surface area contributed by atoms with Gasteiger partial charge < -0.3 is 15.5 Å². The van der Waals surface area contributed by atoms with E-state index in [9.17, 15) is 10.2 Å². The lowest BCUT2D eigenvalue weighted by molar-refractivity contribution is 0.170. The van der Waals surface area contributed by atoms with Crippen molar-refractivity contribution in [2.45, 2.75) is 31.9 Å². The number of nitrogens with one attached hydrogen (secondary N) is 1. The van der Waals surface area contributed by atoms with Crippen molar-refractivity contribution < 1.29 is 10.2 Å². The normalized spacial score (nSPS) is 13.2. The Morgan fingerprint density at radius 1 is 1.00 bits per heavy atom. The molecule has 0 saturated heterocycles. The average molecular weight is 322 g/mol. The van der Waals surface area contributed by atoms with Crippen LogP contribution in [-0.4, -0.2) is 22.8 Å². The van der Waals surface area contributed by atoms with Crippen LogP contribution in [0.4, 0.5) is 0 Å². The van der Waals surface area contributed by atoms with Crippen molar-refractivity contribution in [3.63, 3.8) is 0 Å². The number of aliphatic hydroxyl groups excluding tert-OH is 1. The maximum Gasteiger partial charge on any atom is 0.115 e. The number of phenols is 1.